The quantitative estimate of drug-likeness (QED) is 0.804. The van der Waals surface area contributed by atoms with Gasteiger partial charge < -0.3 is 10.8 Å². The molecule has 0 heterocycles. The van der Waals surface area contributed by atoms with Crippen LogP contribution in [-0.2, 0) is 14.3 Å². The standard InChI is InChI=1S/C14H19NO3S/c1-3-11(12(16)17)19-14(4-2,13(15)18)10-8-6-5-7-9-10/h5-9,11H,3-4H2,1-2H3,(H2,15,18)(H,16,17)/t11-,14+/m0/s1. The maximum atomic E-state index is 11.9. The molecule has 1 aromatic rings. The highest BCUT2D eigenvalue weighted by molar-refractivity contribution is 8.02. The molecule has 0 saturated carbocycles. The van der Waals surface area contributed by atoms with Crippen molar-refractivity contribution in [2.24, 2.45) is 5.73 Å². The van der Waals surface area contributed by atoms with E-state index in [1.54, 1.807) is 6.92 Å². The van der Waals surface area contributed by atoms with Gasteiger partial charge in [-0.15, -0.1) is 11.8 Å². The Morgan fingerprint density at radius 1 is 1.32 bits per heavy atom. The SMILES string of the molecule is CC[C@H](S[C@@](CC)(C(N)=O)c1ccccc1)C(=O)O. The summed E-state index contributed by atoms with van der Waals surface area (Å²) in [6.07, 6.45) is 0.905. The van der Waals surface area contributed by atoms with Crippen molar-refractivity contribution in [1.29, 1.82) is 0 Å². The van der Waals surface area contributed by atoms with Crippen LogP contribution in [0.25, 0.3) is 0 Å². The van der Waals surface area contributed by atoms with Gasteiger partial charge in [-0.25, -0.2) is 0 Å². The van der Waals surface area contributed by atoms with Gasteiger partial charge in [-0.3, -0.25) is 9.59 Å². The summed E-state index contributed by atoms with van der Waals surface area (Å²) in [5.41, 5.74) is 6.32. The van der Waals surface area contributed by atoms with Crippen LogP contribution in [0.1, 0.15) is 32.3 Å². The molecule has 3 N–H and O–H groups in total. The first-order chi connectivity index (χ1) is 8.97. The number of rotatable bonds is 7. The van der Waals surface area contributed by atoms with Crippen molar-refractivity contribution < 1.29 is 14.7 Å². The van der Waals surface area contributed by atoms with E-state index in [0.29, 0.717) is 12.8 Å². The Morgan fingerprint density at radius 2 is 1.89 bits per heavy atom. The molecule has 0 unspecified atom stereocenters. The summed E-state index contributed by atoms with van der Waals surface area (Å²) in [7, 11) is 0. The van der Waals surface area contributed by atoms with E-state index in [0.717, 1.165) is 17.3 Å². The van der Waals surface area contributed by atoms with E-state index >= 15 is 0 Å². The lowest BCUT2D eigenvalue weighted by Crippen LogP contribution is -2.40. The third-order valence-electron chi connectivity index (χ3n) is 3.13. The minimum absolute atomic E-state index is 0.446. The van der Waals surface area contributed by atoms with E-state index in [2.05, 4.69) is 0 Å². The van der Waals surface area contributed by atoms with E-state index in [1.807, 2.05) is 37.3 Å². The van der Waals surface area contributed by atoms with Crippen LogP contribution in [-0.4, -0.2) is 22.2 Å². The van der Waals surface area contributed by atoms with Gasteiger partial charge in [0.2, 0.25) is 5.91 Å². The van der Waals surface area contributed by atoms with Gasteiger partial charge in [0.1, 0.15) is 10.00 Å². The fourth-order valence-electron chi connectivity index (χ4n) is 1.99. The number of carboxylic acid groups (broad SMARTS) is 1. The zero-order valence-electron chi connectivity index (χ0n) is 11.1. The topological polar surface area (TPSA) is 80.4 Å². The lowest BCUT2D eigenvalue weighted by molar-refractivity contribution is -0.136. The monoisotopic (exact) mass is 281 g/mol. The predicted octanol–water partition coefficient (Wildman–Crippen LogP) is 2.37. The van der Waals surface area contributed by atoms with Crippen LogP contribution >= 0.6 is 11.8 Å². The number of nitrogens with two attached hydrogens (primary N) is 1. The van der Waals surface area contributed by atoms with Gasteiger partial charge in [0.25, 0.3) is 0 Å². The number of hydrogen-bond donors (Lipinski definition) is 2. The van der Waals surface area contributed by atoms with Crippen molar-refractivity contribution in [3.8, 4) is 0 Å². The van der Waals surface area contributed by atoms with Crippen LogP contribution in [0.2, 0.25) is 0 Å². The number of amides is 1. The molecule has 0 spiro atoms. The van der Waals surface area contributed by atoms with Gasteiger partial charge in [-0.05, 0) is 18.4 Å². The second-order valence-corrected chi connectivity index (χ2v) is 5.77. The number of primary amides is 1. The van der Waals surface area contributed by atoms with Crippen LogP contribution < -0.4 is 5.73 Å². The normalized spacial score (nSPS) is 15.5. The average molecular weight is 281 g/mol. The summed E-state index contributed by atoms with van der Waals surface area (Å²) >= 11 is 1.13. The third kappa shape index (κ3) is 3.29. The van der Waals surface area contributed by atoms with Crippen LogP contribution in [0.15, 0.2) is 30.3 Å². The van der Waals surface area contributed by atoms with Crippen LogP contribution in [0.3, 0.4) is 0 Å². The Bertz CT molecular complexity index is 449. The van der Waals surface area contributed by atoms with Crippen molar-refractivity contribution in [3.63, 3.8) is 0 Å². The largest absolute Gasteiger partial charge is 0.480 e. The van der Waals surface area contributed by atoms with Gasteiger partial charge >= 0.3 is 5.97 Å². The van der Waals surface area contributed by atoms with Crippen LogP contribution in [0.5, 0.6) is 0 Å². The minimum atomic E-state index is -0.986. The maximum absolute atomic E-state index is 11.9. The van der Waals surface area contributed by atoms with Crippen molar-refractivity contribution in [2.75, 3.05) is 0 Å². The molecule has 0 radical (unpaired) electrons. The number of benzene rings is 1. The predicted molar refractivity (Wildman–Crippen MR) is 76.9 cm³/mol. The lowest BCUT2D eigenvalue weighted by Gasteiger charge is -2.31. The molecule has 1 rings (SSSR count). The number of carboxylic acids is 1. The summed E-state index contributed by atoms with van der Waals surface area (Å²) in [4.78, 5) is 23.1. The molecule has 4 nitrogen and oxygen atoms in total. The van der Waals surface area contributed by atoms with E-state index in [1.165, 1.54) is 0 Å². The molecule has 1 amide bonds. The third-order valence-corrected chi connectivity index (χ3v) is 5.07. The van der Waals surface area contributed by atoms with Gasteiger partial charge in [-0.2, -0.15) is 0 Å². The summed E-state index contributed by atoms with van der Waals surface area (Å²) in [5.74, 6) is -1.41. The molecular formula is C14H19NO3S. The van der Waals surface area contributed by atoms with Crippen molar-refractivity contribution in [3.05, 3.63) is 35.9 Å². The van der Waals surface area contributed by atoms with Crippen LogP contribution in [0, 0.1) is 0 Å². The van der Waals surface area contributed by atoms with Gasteiger partial charge in [0.15, 0.2) is 0 Å². The molecule has 0 bridgehead atoms. The summed E-state index contributed by atoms with van der Waals surface area (Å²) in [6.45, 7) is 3.64. The van der Waals surface area contributed by atoms with Crippen molar-refractivity contribution >= 4 is 23.6 Å². The summed E-state index contributed by atoms with van der Waals surface area (Å²) < 4.78 is -0.986. The number of aliphatic carboxylic acids is 1. The molecule has 2 atom stereocenters. The Hall–Kier alpha value is -1.49. The first kappa shape index (κ1) is 15.6. The molecular weight excluding hydrogens is 262 g/mol. The van der Waals surface area contributed by atoms with E-state index < -0.39 is 21.9 Å². The zero-order chi connectivity index (χ0) is 14.5. The number of thioether (sulfide) groups is 1. The molecule has 0 fully saturated rings. The molecule has 0 aliphatic carbocycles. The number of carbonyl (C=O) groups is 2. The summed E-state index contributed by atoms with van der Waals surface area (Å²) in [5, 5.41) is 8.54. The Labute approximate surface area is 117 Å². The average Bonchev–Trinajstić information content (AvgIpc) is 2.40. The highest BCUT2D eigenvalue weighted by atomic mass is 32.2. The molecule has 0 aliphatic rings. The Balaban J connectivity index is 3.21. The maximum Gasteiger partial charge on any atom is 0.316 e. The molecule has 0 aliphatic heterocycles. The molecule has 5 heteroatoms. The highest BCUT2D eigenvalue weighted by Crippen LogP contribution is 2.42. The molecule has 1 aromatic carbocycles. The number of hydrogen-bond acceptors (Lipinski definition) is 3. The molecule has 0 saturated heterocycles. The van der Waals surface area contributed by atoms with E-state index in [9.17, 15) is 14.7 Å². The van der Waals surface area contributed by atoms with E-state index in [4.69, 9.17) is 5.73 Å². The van der Waals surface area contributed by atoms with Gasteiger partial charge in [0.05, 0.1) is 0 Å². The van der Waals surface area contributed by atoms with Crippen molar-refractivity contribution in [2.45, 2.75) is 36.7 Å². The fourth-order valence-corrected chi connectivity index (χ4v) is 3.30. The van der Waals surface area contributed by atoms with Crippen LogP contribution in [0.4, 0.5) is 0 Å². The lowest BCUT2D eigenvalue weighted by atomic mass is 9.95. The smallest absolute Gasteiger partial charge is 0.316 e. The molecule has 19 heavy (non-hydrogen) atoms. The number of carbonyl (C=O) groups excluding carboxylic acids is 1. The van der Waals surface area contributed by atoms with E-state index in [-0.39, 0.29) is 0 Å². The summed E-state index contributed by atoms with van der Waals surface area (Å²) in [6, 6.07) is 9.13. The molecule has 104 valence electrons. The fraction of sp³-hybridized carbons (Fsp3) is 0.429. The Kier molecular flexibility index (Phi) is 5.42. The zero-order valence-corrected chi connectivity index (χ0v) is 11.9. The van der Waals surface area contributed by atoms with Gasteiger partial charge in [-0.1, -0.05) is 44.2 Å². The minimum Gasteiger partial charge on any atom is -0.480 e. The first-order valence-corrected chi connectivity index (χ1v) is 7.12. The Morgan fingerprint density at radius 3 is 2.26 bits per heavy atom. The van der Waals surface area contributed by atoms with Crippen molar-refractivity contribution in [1.82, 2.24) is 0 Å². The first-order valence-electron chi connectivity index (χ1n) is 6.24. The van der Waals surface area contributed by atoms with Gasteiger partial charge in [0, 0.05) is 0 Å². The second-order valence-electron chi connectivity index (χ2n) is 4.26. The molecule has 0 aromatic heterocycles. The second kappa shape index (κ2) is 6.61. The highest BCUT2D eigenvalue weighted by Gasteiger charge is 2.41.